The van der Waals surface area contributed by atoms with Gasteiger partial charge in [-0.2, -0.15) is 0 Å². The van der Waals surface area contributed by atoms with E-state index in [4.69, 9.17) is 23.2 Å². The zero-order chi connectivity index (χ0) is 14.7. The molecule has 0 radical (unpaired) electrons. The molecule has 0 atom stereocenters. The summed E-state index contributed by atoms with van der Waals surface area (Å²) in [4.78, 5) is 8.54. The van der Waals surface area contributed by atoms with Crippen LogP contribution in [0.3, 0.4) is 0 Å². The van der Waals surface area contributed by atoms with Crippen molar-refractivity contribution in [2.45, 2.75) is 6.42 Å². The summed E-state index contributed by atoms with van der Waals surface area (Å²) < 4.78 is 0. The third-order valence-corrected chi connectivity index (χ3v) is 3.98. The highest BCUT2D eigenvalue weighted by atomic mass is 35.5. The van der Waals surface area contributed by atoms with Gasteiger partial charge in [-0.05, 0) is 36.2 Å². The maximum atomic E-state index is 6.17. The smallest absolute Gasteiger partial charge is 0.137 e. The van der Waals surface area contributed by atoms with Crippen LogP contribution >= 0.6 is 23.2 Å². The average molecular weight is 318 g/mol. The van der Waals surface area contributed by atoms with E-state index >= 15 is 0 Å². The van der Waals surface area contributed by atoms with E-state index in [0.717, 1.165) is 28.7 Å². The van der Waals surface area contributed by atoms with Crippen molar-refractivity contribution in [3.05, 3.63) is 64.4 Å². The number of hydrogen-bond donors (Lipinski definition) is 1. The fourth-order valence-corrected chi connectivity index (χ4v) is 2.81. The lowest BCUT2D eigenvalue weighted by atomic mass is 10.1. The van der Waals surface area contributed by atoms with Crippen molar-refractivity contribution in [3.63, 3.8) is 0 Å². The van der Waals surface area contributed by atoms with Crippen LogP contribution in [-0.2, 0) is 6.42 Å². The summed E-state index contributed by atoms with van der Waals surface area (Å²) in [6, 6.07) is 13.4. The van der Waals surface area contributed by atoms with E-state index in [1.54, 1.807) is 6.33 Å². The van der Waals surface area contributed by atoms with Gasteiger partial charge in [0.05, 0.1) is 5.52 Å². The number of benzene rings is 2. The Hall–Kier alpha value is -1.84. The molecule has 2 aromatic carbocycles. The molecule has 106 valence electrons. The van der Waals surface area contributed by atoms with E-state index in [1.165, 1.54) is 0 Å². The Bertz CT molecular complexity index is 749. The number of fused-ring (bicyclic) bond motifs is 1. The molecule has 3 rings (SSSR count). The van der Waals surface area contributed by atoms with Crippen LogP contribution in [0.2, 0.25) is 10.0 Å². The fourth-order valence-electron chi connectivity index (χ4n) is 2.22. The van der Waals surface area contributed by atoms with Crippen molar-refractivity contribution in [3.8, 4) is 0 Å². The molecule has 1 aromatic heterocycles. The van der Waals surface area contributed by atoms with Gasteiger partial charge in [-0.25, -0.2) is 9.97 Å². The summed E-state index contributed by atoms with van der Waals surface area (Å²) in [5.74, 6) is 0.823. The standard InChI is InChI=1S/C16H13Cl2N3/c17-13-5-3-6-14(18)11(13)8-9-19-16-12-4-1-2-7-15(12)20-10-21-16/h1-7,10H,8-9H2,(H,19,20,21). The van der Waals surface area contributed by atoms with Gasteiger partial charge >= 0.3 is 0 Å². The highest BCUT2D eigenvalue weighted by molar-refractivity contribution is 6.36. The second-order valence-electron chi connectivity index (χ2n) is 4.62. The van der Waals surface area contributed by atoms with Gasteiger partial charge in [-0.3, -0.25) is 0 Å². The number of aromatic nitrogens is 2. The lowest BCUT2D eigenvalue weighted by molar-refractivity contribution is 1.01. The number of halogens is 2. The lowest BCUT2D eigenvalue weighted by Gasteiger charge is -2.10. The third kappa shape index (κ3) is 3.09. The van der Waals surface area contributed by atoms with Gasteiger partial charge in [-0.1, -0.05) is 41.4 Å². The molecule has 0 spiro atoms. The quantitative estimate of drug-likeness (QED) is 0.764. The number of para-hydroxylation sites is 1. The van der Waals surface area contributed by atoms with E-state index in [9.17, 15) is 0 Å². The summed E-state index contributed by atoms with van der Waals surface area (Å²) in [5, 5.41) is 5.71. The summed E-state index contributed by atoms with van der Waals surface area (Å²) >= 11 is 12.3. The van der Waals surface area contributed by atoms with Crippen molar-refractivity contribution in [1.29, 1.82) is 0 Å². The molecule has 5 heteroatoms. The van der Waals surface area contributed by atoms with Crippen LogP contribution < -0.4 is 5.32 Å². The first-order valence-corrected chi connectivity index (χ1v) is 7.38. The van der Waals surface area contributed by atoms with Gasteiger partial charge in [0.2, 0.25) is 0 Å². The van der Waals surface area contributed by atoms with E-state index in [2.05, 4.69) is 15.3 Å². The molecule has 0 saturated carbocycles. The minimum Gasteiger partial charge on any atom is -0.369 e. The van der Waals surface area contributed by atoms with Crippen LogP contribution in [0, 0.1) is 0 Å². The molecule has 0 bridgehead atoms. The number of anilines is 1. The van der Waals surface area contributed by atoms with Crippen LogP contribution in [0.4, 0.5) is 5.82 Å². The molecule has 0 unspecified atom stereocenters. The Morgan fingerprint density at radius 3 is 2.48 bits per heavy atom. The Kier molecular flexibility index (Phi) is 4.23. The van der Waals surface area contributed by atoms with E-state index in [-0.39, 0.29) is 0 Å². The first-order chi connectivity index (χ1) is 10.3. The van der Waals surface area contributed by atoms with Crippen molar-refractivity contribution in [2.24, 2.45) is 0 Å². The molecule has 0 saturated heterocycles. The maximum Gasteiger partial charge on any atom is 0.137 e. The van der Waals surface area contributed by atoms with Gasteiger partial charge in [-0.15, -0.1) is 0 Å². The van der Waals surface area contributed by atoms with E-state index < -0.39 is 0 Å². The van der Waals surface area contributed by atoms with Gasteiger partial charge < -0.3 is 5.32 Å². The lowest BCUT2D eigenvalue weighted by Crippen LogP contribution is -2.07. The number of hydrogen-bond acceptors (Lipinski definition) is 3. The molecule has 0 aliphatic heterocycles. The highest BCUT2D eigenvalue weighted by Crippen LogP contribution is 2.25. The first kappa shape index (κ1) is 14.1. The summed E-state index contributed by atoms with van der Waals surface area (Å²) in [7, 11) is 0. The zero-order valence-electron chi connectivity index (χ0n) is 11.2. The number of nitrogens with zero attached hydrogens (tertiary/aromatic N) is 2. The average Bonchev–Trinajstić information content (AvgIpc) is 2.50. The molecule has 21 heavy (non-hydrogen) atoms. The second-order valence-corrected chi connectivity index (χ2v) is 5.43. The Morgan fingerprint density at radius 2 is 1.67 bits per heavy atom. The molecule has 0 aliphatic rings. The number of nitrogens with one attached hydrogen (secondary N) is 1. The molecule has 0 aliphatic carbocycles. The molecular weight excluding hydrogens is 305 g/mol. The number of rotatable bonds is 4. The van der Waals surface area contributed by atoms with Crippen LogP contribution in [0.15, 0.2) is 48.8 Å². The predicted molar refractivity (Wildman–Crippen MR) is 88.2 cm³/mol. The second kappa shape index (κ2) is 6.29. The van der Waals surface area contributed by atoms with E-state index in [0.29, 0.717) is 16.6 Å². The molecule has 3 nitrogen and oxygen atoms in total. The normalized spacial score (nSPS) is 10.8. The largest absolute Gasteiger partial charge is 0.369 e. The molecular formula is C16H13Cl2N3. The maximum absolute atomic E-state index is 6.17. The summed E-state index contributed by atoms with van der Waals surface area (Å²) in [6.07, 6.45) is 2.30. The summed E-state index contributed by atoms with van der Waals surface area (Å²) in [5.41, 5.74) is 1.87. The minimum absolute atomic E-state index is 0.692. The minimum atomic E-state index is 0.692. The van der Waals surface area contributed by atoms with Crippen molar-refractivity contribution in [2.75, 3.05) is 11.9 Å². The molecule has 0 amide bonds. The predicted octanol–water partition coefficient (Wildman–Crippen LogP) is 4.59. The van der Waals surface area contributed by atoms with E-state index in [1.807, 2.05) is 42.5 Å². The Morgan fingerprint density at radius 1 is 0.905 bits per heavy atom. The molecule has 3 aromatic rings. The van der Waals surface area contributed by atoms with Gasteiger partial charge in [0.15, 0.2) is 0 Å². The van der Waals surface area contributed by atoms with Crippen LogP contribution in [0.5, 0.6) is 0 Å². The zero-order valence-corrected chi connectivity index (χ0v) is 12.7. The Labute approximate surface area is 132 Å². The van der Waals surface area contributed by atoms with Crippen molar-refractivity contribution >= 4 is 39.9 Å². The molecule has 0 fully saturated rings. The topological polar surface area (TPSA) is 37.8 Å². The molecule has 1 N–H and O–H groups in total. The molecule has 1 heterocycles. The van der Waals surface area contributed by atoms with Crippen molar-refractivity contribution in [1.82, 2.24) is 9.97 Å². The fraction of sp³-hybridized carbons (Fsp3) is 0.125. The Balaban J connectivity index is 1.76. The van der Waals surface area contributed by atoms with Crippen molar-refractivity contribution < 1.29 is 0 Å². The third-order valence-electron chi connectivity index (χ3n) is 3.27. The van der Waals surface area contributed by atoms with Gasteiger partial charge in [0, 0.05) is 22.0 Å². The van der Waals surface area contributed by atoms with Crippen LogP contribution in [0.25, 0.3) is 10.9 Å². The SMILES string of the molecule is Clc1cccc(Cl)c1CCNc1ncnc2ccccc12. The van der Waals surface area contributed by atoms with Crippen LogP contribution in [-0.4, -0.2) is 16.5 Å². The van der Waals surface area contributed by atoms with Gasteiger partial charge in [0.25, 0.3) is 0 Å². The monoisotopic (exact) mass is 317 g/mol. The van der Waals surface area contributed by atoms with Gasteiger partial charge in [0.1, 0.15) is 12.1 Å². The van der Waals surface area contributed by atoms with Crippen LogP contribution in [0.1, 0.15) is 5.56 Å². The summed E-state index contributed by atoms with van der Waals surface area (Å²) in [6.45, 7) is 0.699. The highest BCUT2D eigenvalue weighted by Gasteiger charge is 2.06. The first-order valence-electron chi connectivity index (χ1n) is 6.62.